The number of nitrogens with zero attached hydrogens (tertiary/aromatic N) is 2. The molecule has 3 aromatic rings. The number of pyridine rings is 1. The van der Waals surface area contributed by atoms with Crippen molar-refractivity contribution in [1.82, 2.24) is 4.98 Å². The molecule has 1 N–H and O–H groups in total. The summed E-state index contributed by atoms with van der Waals surface area (Å²) in [5.41, 5.74) is 4.60. The average molecular weight is 405 g/mol. The van der Waals surface area contributed by atoms with Gasteiger partial charge in [-0.15, -0.1) is 0 Å². The lowest BCUT2D eigenvalue weighted by molar-refractivity contribution is -0.0593. The summed E-state index contributed by atoms with van der Waals surface area (Å²) in [4.78, 5) is 10.5. The first kappa shape index (κ1) is 20.4. The van der Waals surface area contributed by atoms with Crippen molar-refractivity contribution in [2.75, 3.05) is 6.61 Å². The van der Waals surface area contributed by atoms with Crippen molar-refractivity contribution in [3.05, 3.63) is 71.4 Å². The maximum Gasteiger partial charge on any atom is 0.170 e. The number of oxime groups is 1. The third-order valence-electron chi connectivity index (χ3n) is 5.80. The van der Waals surface area contributed by atoms with Crippen LogP contribution in [0.4, 0.5) is 0 Å². The fourth-order valence-electron chi connectivity index (χ4n) is 4.08. The molecule has 1 atom stereocenters. The van der Waals surface area contributed by atoms with Crippen LogP contribution in [0.1, 0.15) is 43.5 Å². The minimum atomic E-state index is -0.485. The minimum Gasteiger partial charge on any atom is -0.489 e. The van der Waals surface area contributed by atoms with Crippen molar-refractivity contribution in [1.29, 1.82) is 0 Å². The molecule has 156 valence electrons. The highest BCUT2D eigenvalue weighted by Gasteiger charge is 2.43. The van der Waals surface area contributed by atoms with Crippen LogP contribution in [-0.4, -0.2) is 22.4 Å². The molecule has 1 aromatic heterocycles. The predicted octanol–water partition coefficient (Wildman–Crippen LogP) is 5.13. The Morgan fingerprint density at radius 3 is 2.63 bits per heavy atom. The smallest absolute Gasteiger partial charge is 0.170 e. The normalized spacial score (nSPS) is 18.5. The van der Waals surface area contributed by atoms with E-state index in [4.69, 9.17) is 9.57 Å². The Morgan fingerprint density at radius 2 is 1.90 bits per heavy atom. The lowest BCUT2D eigenvalue weighted by Crippen LogP contribution is -2.32. The number of aliphatic hydroxyl groups excluding tert-OH is 1. The average Bonchev–Trinajstić information content (AvgIpc) is 3.18. The van der Waals surface area contributed by atoms with E-state index in [9.17, 15) is 5.11 Å². The zero-order valence-corrected chi connectivity index (χ0v) is 17.8. The number of hydrogen-bond donors (Lipinski definition) is 1. The van der Waals surface area contributed by atoms with E-state index >= 15 is 0 Å². The molecule has 0 aliphatic carbocycles. The highest BCUT2D eigenvalue weighted by Crippen LogP contribution is 2.42. The maximum atomic E-state index is 9.22. The first-order valence-electron chi connectivity index (χ1n) is 10.5. The second-order valence-electron chi connectivity index (χ2n) is 8.20. The van der Waals surface area contributed by atoms with Gasteiger partial charge in [0.05, 0.1) is 11.2 Å². The molecule has 1 aliphatic heterocycles. The van der Waals surface area contributed by atoms with E-state index in [2.05, 4.69) is 48.3 Å². The van der Waals surface area contributed by atoms with Crippen molar-refractivity contribution in [2.45, 2.75) is 45.8 Å². The van der Waals surface area contributed by atoms with E-state index in [1.165, 1.54) is 0 Å². The van der Waals surface area contributed by atoms with Crippen LogP contribution in [0, 0.1) is 12.8 Å². The van der Waals surface area contributed by atoms with Crippen LogP contribution in [0.15, 0.2) is 59.8 Å². The van der Waals surface area contributed by atoms with Gasteiger partial charge in [-0.2, -0.15) is 0 Å². The van der Waals surface area contributed by atoms with Crippen LogP contribution in [0.3, 0.4) is 0 Å². The van der Waals surface area contributed by atoms with Gasteiger partial charge in [-0.25, -0.2) is 0 Å². The molecule has 4 rings (SSSR count). The van der Waals surface area contributed by atoms with E-state index in [0.717, 1.165) is 39.2 Å². The monoisotopic (exact) mass is 404 g/mol. The Labute approximate surface area is 177 Å². The molecule has 30 heavy (non-hydrogen) atoms. The maximum absolute atomic E-state index is 9.22. The number of aliphatic hydroxyl groups is 1. The number of benzene rings is 2. The molecular weight excluding hydrogens is 376 g/mol. The standard InChI is InChI=1S/C25H28N2O3/c1-17(2)25(15-21(12-13-28)27-30-25)20-8-10-22(11-9-20)29-16-19-14-18(3)26-24-7-5-4-6-23(19)24/h4-11,14,17,28H,12-13,15-16H2,1-3H3. The van der Waals surface area contributed by atoms with Crippen LogP contribution in [-0.2, 0) is 17.0 Å². The molecule has 5 nitrogen and oxygen atoms in total. The highest BCUT2D eigenvalue weighted by molar-refractivity contribution is 5.86. The van der Waals surface area contributed by atoms with E-state index in [-0.39, 0.29) is 12.5 Å². The molecule has 1 unspecified atom stereocenters. The van der Waals surface area contributed by atoms with Gasteiger partial charge in [0, 0.05) is 42.0 Å². The highest BCUT2D eigenvalue weighted by atomic mass is 16.7. The first-order chi connectivity index (χ1) is 14.5. The molecule has 1 aliphatic rings. The van der Waals surface area contributed by atoms with E-state index in [0.29, 0.717) is 19.4 Å². The molecule has 0 fully saturated rings. The number of para-hydroxylation sites is 1. The van der Waals surface area contributed by atoms with E-state index in [1.54, 1.807) is 0 Å². The van der Waals surface area contributed by atoms with Crippen molar-refractivity contribution < 1.29 is 14.7 Å². The lowest BCUT2D eigenvalue weighted by atomic mass is 9.79. The van der Waals surface area contributed by atoms with Crippen LogP contribution < -0.4 is 4.74 Å². The molecule has 0 saturated heterocycles. The fraction of sp³-hybridized carbons (Fsp3) is 0.360. The molecule has 2 aromatic carbocycles. The summed E-state index contributed by atoms with van der Waals surface area (Å²) in [7, 11) is 0. The van der Waals surface area contributed by atoms with Crippen molar-refractivity contribution >= 4 is 16.6 Å². The van der Waals surface area contributed by atoms with Gasteiger partial charge in [-0.05, 0) is 36.8 Å². The Balaban J connectivity index is 1.51. The molecule has 2 heterocycles. The topological polar surface area (TPSA) is 63.9 Å². The Bertz CT molecular complexity index is 1060. The molecule has 0 bridgehead atoms. The van der Waals surface area contributed by atoms with Gasteiger partial charge in [0.25, 0.3) is 0 Å². The van der Waals surface area contributed by atoms with E-state index in [1.807, 2.05) is 37.3 Å². The number of rotatable bonds is 7. The fourth-order valence-corrected chi connectivity index (χ4v) is 4.08. The summed E-state index contributed by atoms with van der Waals surface area (Å²) >= 11 is 0. The number of aromatic nitrogens is 1. The zero-order chi connectivity index (χ0) is 21.1. The summed E-state index contributed by atoms with van der Waals surface area (Å²) in [6, 6.07) is 18.3. The number of ether oxygens (including phenoxy) is 1. The summed E-state index contributed by atoms with van der Waals surface area (Å²) in [6.07, 6.45) is 1.25. The molecule has 0 spiro atoms. The summed E-state index contributed by atoms with van der Waals surface area (Å²) in [5.74, 6) is 1.06. The SMILES string of the molecule is Cc1cc(COc2ccc(C3(C(C)C)CC(CCO)=NO3)cc2)c2ccccc2n1. The molecule has 0 saturated carbocycles. The van der Waals surface area contributed by atoms with Gasteiger partial charge in [0.1, 0.15) is 12.4 Å². The van der Waals surface area contributed by atoms with Crippen LogP contribution >= 0.6 is 0 Å². The summed E-state index contributed by atoms with van der Waals surface area (Å²) < 4.78 is 6.10. The first-order valence-corrected chi connectivity index (χ1v) is 10.5. The molecular formula is C25H28N2O3. The minimum absolute atomic E-state index is 0.0896. The lowest BCUT2D eigenvalue weighted by Gasteiger charge is -2.31. The van der Waals surface area contributed by atoms with Crippen molar-refractivity contribution in [2.24, 2.45) is 11.1 Å². The quantitative estimate of drug-likeness (QED) is 0.593. The number of fused-ring (bicyclic) bond motifs is 1. The Kier molecular flexibility index (Phi) is 5.73. The van der Waals surface area contributed by atoms with Gasteiger partial charge >= 0.3 is 0 Å². The predicted molar refractivity (Wildman–Crippen MR) is 119 cm³/mol. The third kappa shape index (κ3) is 3.90. The van der Waals surface area contributed by atoms with Gasteiger partial charge in [-0.3, -0.25) is 4.98 Å². The van der Waals surface area contributed by atoms with Crippen LogP contribution in [0.25, 0.3) is 10.9 Å². The summed E-state index contributed by atoms with van der Waals surface area (Å²) in [5, 5.41) is 14.6. The van der Waals surface area contributed by atoms with Gasteiger partial charge in [0.15, 0.2) is 5.60 Å². The second-order valence-corrected chi connectivity index (χ2v) is 8.20. The van der Waals surface area contributed by atoms with Gasteiger partial charge in [-0.1, -0.05) is 49.3 Å². The molecule has 0 radical (unpaired) electrons. The number of aryl methyl sites for hydroxylation is 1. The molecule has 0 amide bonds. The largest absolute Gasteiger partial charge is 0.489 e. The van der Waals surface area contributed by atoms with Crippen LogP contribution in [0.5, 0.6) is 5.75 Å². The zero-order valence-electron chi connectivity index (χ0n) is 17.8. The second kappa shape index (κ2) is 8.44. The van der Waals surface area contributed by atoms with Crippen molar-refractivity contribution in [3.8, 4) is 5.75 Å². The number of hydrogen-bond acceptors (Lipinski definition) is 5. The Hall–Kier alpha value is -2.92. The van der Waals surface area contributed by atoms with E-state index < -0.39 is 5.60 Å². The third-order valence-corrected chi connectivity index (χ3v) is 5.80. The van der Waals surface area contributed by atoms with Crippen LogP contribution in [0.2, 0.25) is 0 Å². The summed E-state index contributed by atoms with van der Waals surface area (Å²) in [6.45, 7) is 6.85. The van der Waals surface area contributed by atoms with Gasteiger partial charge < -0.3 is 14.7 Å². The Morgan fingerprint density at radius 1 is 1.13 bits per heavy atom. The van der Waals surface area contributed by atoms with Crippen molar-refractivity contribution in [3.63, 3.8) is 0 Å². The van der Waals surface area contributed by atoms with Gasteiger partial charge in [0.2, 0.25) is 0 Å². The molecule has 5 heteroatoms.